The van der Waals surface area contributed by atoms with Crippen LogP contribution in [-0.4, -0.2) is 29.8 Å². The van der Waals surface area contributed by atoms with Gasteiger partial charge in [0.05, 0.1) is 5.69 Å². The van der Waals surface area contributed by atoms with E-state index in [0.717, 1.165) is 34.3 Å². The first-order chi connectivity index (χ1) is 10.3. The molecule has 3 heterocycles. The summed E-state index contributed by atoms with van der Waals surface area (Å²) in [6, 6.07) is 11.6. The van der Waals surface area contributed by atoms with Gasteiger partial charge in [-0.3, -0.25) is 4.79 Å². The molecule has 2 aromatic rings. The normalized spacial score (nSPS) is 19.6. The summed E-state index contributed by atoms with van der Waals surface area (Å²) in [6.45, 7) is 1.15. The van der Waals surface area contributed by atoms with Crippen molar-refractivity contribution in [1.82, 2.24) is 4.98 Å². The summed E-state index contributed by atoms with van der Waals surface area (Å²) in [4.78, 5) is 19.2. The largest absolute Gasteiger partial charge is 0.492 e. The van der Waals surface area contributed by atoms with Gasteiger partial charge in [-0.05, 0) is 18.2 Å². The van der Waals surface area contributed by atoms with Gasteiger partial charge in [0.2, 0.25) is 5.91 Å². The second-order valence-electron chi connectivity index (χ2n) is 5.07. The van der Waals surface area contributed by atoms with E-state index in [1.165, 1.54) is 0 Å². The van der Waals surface area contributed by atoms with E-state index in [0.29, 0.717) is 6.61 Å². The third kappa shape index (κ3) is 2.08. The van der Waals surface area contributed by atoms with E-state index in [2.05, 4.69) is 4.98 Å². The van der Waals surface area contributed by atoms with Gasteiger partial charge >= 0.3 is 0 Å². The number of carbonyl (C=O) groups is 1. The molecular weight excluding hydrogens is 284 g/mol. The van der Waals surface area contributed by atoms with Crippen LogP contribution >= 0.6 is 11.8 Å². The summed E-state index contributed by atoms with van der Waals surface area (Å²) in [5.74, 6) is 1.60. The van der Waals surface area contributed by atoms with Crippen LogP contribution in [0, 0.1) is 0 Å². The van der Waals surface area contributed by atoms with Gasteiger partial charge in [0.25, 0.3) is 0 Å². The molecule has 4 rings (SSSR count). The Morgan fingerprint density at radius 1 is 1.29 bits per heavy atom. The lowest BCUT2D eigenvalue weighted by atomic mass is 9.99. The van der Waals surface area contributed by atoms with Gasteiger partial charge < -0.3 is 9.64 Å². The van der Waals surface area contributed by atoms with Crippen molar-refractivity contribution in [3.8, 4) is 5.75 Å². The van der Waals surface area contributed by atoms with Gasteiger partial charge in [-0.1, -0.05) is 18.2 Å². The van der Waals surface area contributed by atoms with Crippen molar-refractivity contribution in [1.29, 1.82) is 0 Å². The fourth-order valence-corrected chi connectivity index (χ4v) is 3.77. The third-order valence-corrected chi connectivity index (χ3v) is 4.83. The maximum atomic E-state index is 12.9. The minimum Gasteiger partial charge on any atom is -0.492 e. The number of hydrogen-bond donors (Lipinski definition) is 0. The number of amides is 1. The Kier molecular flexibility index (Phi) is 3.07. The molecule has 1 aromatic heterocycles. The highest BCUT2D eigenvalue weighted by molar-refractivity contribution is 7.99. The van der Waals surface area contributed by atoms with Crippen molar-refractivity contribution in [3.05, 3.63) is 48.2 Å². The van der Waals surface area contributed by atoms with Crippen molar-refractivity contribution < 1.29 is 9.53 Å². The van der Waals surface area contributed by atoms with Gasteiger partial charge in [-0.2, -0.15) is 0 Å². The number of carbonyl (C=O) groups excluding carboxylic acids is 1. The van der Waals surface area contributed by atoms with Crippen LogP contribution in [0.3, 0.4) is 0 Å². The second kappa shape index (κ2) is 5.07. The Morgan fingerprint density at radius 3 is 3.14 bits per heavy atom. The quantitative estimate of drug-likeness (QED) is 0.812. The van der Waals surface area contributed by atoms with E-state index in [1.807, 2.05) is 41.3 Å². The molecule has 0 N–H and O–H groups in total. The number of benzene rings is 1. The molecule has 0 saturated heterocycles. The van der Waals surface area contributed by atoms with Gasteiger partial charge in [0.15, 0.2) is 0 Å². The fourth-order valence-electron chi connectivity index (χ4n) is 2.84. The molecule has 1 unspecified atom stereocenters. The number of ether oxygens (including phenoxy) is 1. The van der Waals surface area contributed by atoms with Crippen LogP contribution in [0.25, 0.3) is 0 Å². The first-order valence-corrected chi connectivity index (χ1v) is 7.94. The van der Waals surface area contributed by atoms with E-state index in [9.17, 15) is 4.79 Å². The molecule has 0 fully saturated rings. The fraction of sp³-hybridized carbons (Fsp3) is 0.250. The molecule has 1 amide bonds. The van der Waals surface area contributed by atoms with Gasteiger partial charge in [-0.15, -0.1) is 11.8 Å². The SMILES string of the molecule is O=C(C1COc2ccccc21)N1CCSc2ncccc21. The average Bonchev–Trinajstić information content (AvgIpc) is 2.98. The predicted molar refractivity (Wildman–Crippen MR) is 82.0 cm³/mol. The predicted octanol–water partition coefficient (Wildman–Crippen LogP) is 2.70. The summed E-state index contributed by atoms with van der Waals surface area (Å²) in [6.07, 6.45) is 1.77. The summed E-state index contributed by atoms with van der Waals surface area (Å²) in [5.41, 5.74) is 1.91. The van der Waals surface area contributed by atoms with E-state index in [4.69, 9.17) is 4.74 Å². The van der Waals surface area contributed by atoms with E-state index in [1.54, 1.807) is 18.0 Å². The standard InChI is InChI=1S/C16H14N2O2S/c19-16(12-10-20-14-6-2-1-4-11(12)14)18-8-9-21-15-13(18)5-3-7-17-15/h1-7,12H,8-10H2. The van der Waals surface area contributed by atoms with Crippen LogP contribution in [0.4, 0.5) is 5.69 Å². The topological polar surface area (TPSA) is 42.4 Å². The number of aromatic nitrogens is 1. The number of thioether (sulfide) groups is 1. The zero-order valence-corrected chi connectivity index (χ0v) is 12.2. The number of fused-ring (bicyclic) bond motifs is 2. The number of rotatable bonds is 1. The van der Waals surface area contributed by atoms with Crippen molar-refractivity contribution in [3.63, 3.8) is 0 Å². The van der Waals surface area contributed by atoms with E-state index in [-0.39, 0.29) is 11.8 Å². The van der Waals surface area contributed by atoms with Crippen LogP contribution in [0.2, 0.25) is 0 Å². The highest BCUT2D eigenvalue weighted by Gasteiger charge is 2.35. The summed E-state index contributed by atoms with van der Waals surface area (Å²) in [7, 11) is 0. The molecule has 4 nitrogen and oxygen atoms in total. The van der Waals surface area contributed by atoms with E-state index >= 15 is 0 Å². The van der Waals surface area contributed by atoms with Crippen LogP contribution in [0.1, 0.15) is 11.5 Å². The molecule has 0 radical (unpaired) electrons. The highest BCUT2D eigenvalue weighted by Crippen LogP contribution is 2.38. The summed E-state index contributed by atoms with van der Waals surface area (Å²) in [5, 5.41) is 0.935. The van der Waals surface area contributed by atoms with Crippen LogP contribution in [0.15, 0.2) is 47.6 Å². The number of hydrogen-bond acceptors (Lipinski definition) is 4. The molecule has 2 aliphatic heterocycles. The van der Waals surface area contributed by atoms with Crippen molar-refractivity contribution in [2.24, 2.45) is 0 Å². The van der Waals surface area contributed by atoms with Gasteiger partial charge in [0, 0.05) is 24.1 Å². The summed E-state index contributed by atoms with van der Waals surface area (Å²) < 4.78 is 5.64. The number of para-hydroxylation sites is 1. The first-order valence-electron chi connectivity index (χ1n) is 6.95. The Hall–Kier alpha value is -2.01. The van der Waals surface area contributed by atoms with Gasteiger partial charge in [-0.25, -0.2) is 4.98 Å². The Balaban J connectivity index is 1.68. The Morgan fingerprint density at radius 2 is 2.19 bits per heavy atom. The lowest BCUT2D eigenvalue weighted by Crippen LogP contribution is -2.39. The number of anilines is 1. The zero-order valence-electron chi connectivity index (χ0n) is 11.4. The van der Waals surface area contributed by atoms with Crippen molar-refractivity contribution in [2.45, 2.75) is 10.9 Å². The molecule has 2 aliphatic rings. The number of pyridine rings is 1. The smallest absolute Gasteiger partial charge is 0.238 e. The van der Waals surface area contributed by atoms with Crippen LogP contribution < -0.4 is 9.64 Å². The molecular formula is C16H14N2O2S. The van der Waals surface area contributed by atoms with Gasteiger partial charge in [0.1, 0.15) is 23.3 Å². The molecule has 0 bridgehead atoms. The van der Waals surface area contributed by atoms with Crippen LogP contribution in [-0.2, 0) is 4.79 Å². The molecule has 5 heteroatoms. The third-order valence-electron chi connectivity index (χ3n) is 3.86. The van der Waals surface area contributed by atoms with Crippen molar-refractivity contribution in [2.75, 3.05) is 23.8 Å². The maximum absolute atomic E-state index is 12.9. The average molecular weight is 298 g/mol. The molecule has 1 atom stereocenters. The molecule has 21 heavy (non-hydrogen) atoms. The lowest BCUT2D eigenvalue weighted by Gasteiger charge is -2.29. The summed E-state index contributed by atoms with van der Waals surface area (Å²) >= 11 is 1.70. The Bertz CT molecular complexity index is 704. The maximum Gasteiger partial charge on any atom is 0.238 e. The first kappa shape index (κ1) is 12.7. The highest BCUT2D eigenvalue weighted by atomic mass is 32.2. The van der Waals surface area contributed by atoms with Crippen LogP contribution in [0.5, 0.6) is 5.75 Å². The minimum atomic E-state index is -0.211. The molecule has 0 aliphatic carbocycles. The second-order valence-corrected chi connectivity index (χ2v) is 6.15. The monoisotopic (exact) mass is 298 g/mol. The number of nitrogens with zero attached hydrogens (tertiary/aromatic N) is 2. The zero-order chi connectivity index (χ0) is 14.2. The molecule has 0 spiro atoms. The Labute approximate surface area is 127 Å². The lowest BCUT2D eigenvalue weighted by molar-refractivity contribution is -0.120. The molecule has 106 valence electrons. The molecule has 0 saturated carbocycles. The van der Waals surface area contributed by atoms with E-state index < -0.39 is 0 Å². The van der Waals surface area contributed by atoms with Crippen molar-refractivity contribution >= 4 is 23.4 Å². The minimum absolute atomic E-state index is 0.106. The molecule has 1 aromatic carbocycles.